The monoisotopic (exact) mass is 413 g/mol. The molecule has 28 heavy (non-hydrogen) atoms. The van der Waals surface area contributed by atoms with Gasteiger partial charge >= 0.3 is 5.63 Å². The third-order valence-corrected chi connectivity index (χ3v) is 7.48. The highest BCUT2D eigenvalue weighted by Crippen LogP contribution is 2.45. The standard InChI is InChI=1S/C21H19NO4S2/c1-13-10-20(24)26-18-11-15(4-7-17(13)18)22-19(23)12-25-16-5-2-14(3-6-16)21-27-8-9-28-21/h2-7,10-11,21H,8-9,12H2,1H3,(H,22,23). The molecule has 1 aliphatic rings. The molecule has 2 heterocycles. The van der Waals surface area contributed by atoms with Crippen LogP contribution in [-0.2, 0) is 4.79 Å². The Hall–Kier alpha value is -2.38. The van der Waals surface area contributed by atoms with Crippen LogP contribution in [0.4, 0.5) is 5.69 Å². The summed E-state index contributed by atoms with van der Waals surface area (Å²) in [6.45, 7) is 1.75. The highest BCUT2D eigenvalue weighted by molar-refractivity contribution is 8.19. The summed E-state index contributed by atoms with van der Waals surface area (Å²) in [5.74, 6) is 2.75. The first-order valence-electron chi connectivity index (χ1n) is 8.89. The fourth-order valence-corrected chi connectivity index (χ4v) is 5.88. The van der Waals surface area contributed by atoms with E-state index in [1.165, 1.54) is 23.1 Å². The molecule has 3 aromatic rings. The molecule has 1 aromatic heterocycles. The molecule has 1 fully saturated rings. The zero-order valence-electron chi connectivity index (χ0n) is 15.3. The lowest BCUT2D eigenvalue weighted by Crippen LogP contribution is -2.20. The van der Waals surface area contributed by atoms with Crippen LogP contribution >= 0.6 is 23.5 Å². The second-order valence-electron chi connectivity index (χ2n) is 6.44. The van der Waals surface area contributed by atoms with Crippen molar-refractivity contribution >= 4 is 46.1 Å². The average molecular weight is 414 g/mol. The number of carbonyl (C=O) groups excluding carboxylic acids is 1. The summed E-state index contributed by atoms with van der Waals surface area (Å²) < 4.78 is 11.3. The van der Waals surface area contributed by atoms with E-state index in [1.54, 1.807) is 12.1 Å². The zero-order chi connectivity index (χ0) is 19.5. The fourth-order valence-electron chi connectivity index (χ4n) is 3.02. The van der Waals surface area contributed by atoms with E-state index in [0.29, 0.717) is 21.6 Å². The molecule has 4 rings (SSSR count). The second-order valence-corrected chi connectivity index (χ2v) is 9.16. The summed E-state index contributed by atoms with van der Waals surface area (Å²) >= 11 is 3.91. The van der Waals surface area contributed by atoms with Crippen LogP contribution < -0.4 is 15.7 Å². The lowest BCUT2D eigenvalue weighted by Gasteiger charge is -2.11. The Morgan fingerprint density at radius 3 is 2.64 bits per heavy atom. The maximum atomic E-state index is 12.2. The second kappa shape index (κ2) is 8.32. The van der Waals surface area contributed by atoms with Crippen molar-refractivity contribution in [2.45, 2.75) is 11.5 Å². The van der Waals surface area contributed by atoms with Gasteiger partial charge in [-0.05, 0) is 42.3 Å². The average Bonchev–Trinajstić information content (AvgIpc) is 3.21. The Bertz CT molecular complexity index is 1060. The van der Waals surface area contributed by atoms with E-state index in [2.05, 4.69) is 17.4 Å². The van der Waals surface area contributed by atoms with Crippen molar-refractivity contribution in [2.75, 3.05) is 23.4 Å². The molecule has 5 nitrogen and oxygen atoms in total. The lowest BCUT2D eigenvalue weighted by molar-refractivity contribution is -0.118. The predicted octanol–water partition coefficient (Wildman–Crippen LogP) is 4.60. The molecule has 0 bridgehead atoms. The van der Waals surface area contributed by atoms with E-state index >= 15 is 0 Å². The lowest BCUT2D eigenvalue weighted by atomic mass is 10.1. The Morgan fingerprint density at radius 2 is 1.89 bits per heavy atom. The number of nitrogens with one attached hydrogen (secondary N) is 1. The number of amides is 1. The predicted molar refractivity (Wildman–Crippen MR) is 115 cm³/mol. The highest BCUT2D eigenvalue weighted by Gasteiger charge is 2.18. The number of aryl methyl sites for hydroxylation is 1. The molecule has 1 N–H and O–H groups in total. The van der Waals surface area contributed by atoms with Crippen molar-refractivity contribution in [2.24, 2.45) is 0 Å². The fraction of sp³-hybridized carbons (Fsp3) is 0.238. The van der Waals surface area contributed by atoms with Gasteiger partial charge in [0.2, 0.25) is 0 Å². The van der Waals surface area contributed by atoms with Gasteiger partial charge in [-0.1, -0.05) is 12.1 Å². The quantitative estimate of drug-likeness (QED) is 0.617. The van der Waals surface area contributed by atoms with Crippen LogP contribution in [0.5, 0.6) is 5.75 Å². The summed E-state index contributed by atoms with van der Waals surface area (Å²) in [5.41, 5.74) is 2.71. The van der Waals surface area contributed by atoms with Gasteiger partial charge < -0.3 is 14.5 Å². The largest absolute Gasteiger partial charge is 0.484 e. The molecule has 0 aliphatic carbocycles. The summed E-state index contributed by atoms with van der Waals surface area (Å²) in [6, 6.07) is 14.6. The first-order valence-corrected chi connectivity index (χ1v) is 11.0. The van der Waals surface area contributed by atoms with Gasteiger partial charge in [0.05, 0.1) is 4.58 Å². The van der Waals surface area contributed by atoms with Crippen molar-refractivity contribution < 1.29 is 13.9 Å². The maximum absolute atomic E-state index is 12.2. The minimum absolute atomic E-state index is 0.0952. The molecule has 0 radical (unpaired) electrons. The first-order chi connectivity index (χ1) is 13.6. The van der Waals surface area contributed by atoms with Gasteiger partial charge in [0.15, 0.2) is 6.61 Å². The minimum Gasteiger partial charge on any atom is -0.484 e. The van der Waals surface area contributed by atoms with Gasteiger partial charge in [-0.15, -0.1) is 23.5 Å². The van der Waals surface area contributed by atoms with Crippen LogP contribution in [-0.4, -0.2) is 24.0 Å². The number of hydrogen-bond acceptors (Lipinski definition) is 6. The molecule has 1 aliphatic heterocycles. The molecule has 0 unspecified atom stereocenters. The summed E-state index contributed by atoms with van der Waals surface area (Å²) in [4.78, 5) is 23.7. The molecule has 0 atom stereocenters. The molecule has 7 heteroatoms. The van der Waals surface area contributed by atoms with E-state index in [4.69, 9.17) is 9.15 Å². The molecular formula is C21H19NO4S2. The van der Waals surface area contributed by atoms with Crippen molar-refractivity contribution in [3.05, 3.63) is 70.1 Å². The van der Waals surface area contributed by atoms with E-state index < -0.39 is 5.63 Å². The molecule has 144 valence electrons. The van der Waals surface area contributed by atoms with Gasteiger partial charge in [0.1, 0.15) is 11.3 Å². The summed E-state index contributed by atoms with van der Waals surface area (Å²) in [6.07, 6.45) is 0. The Labute approximate surface area is 170 Å². The SMILES string of the molecule is Cc1cc(=O)oc2cc(NC(=O)COc3ccc(C4SCCS4)cc3)ccc12. The summed E-state index contributed by atoms with van der Waals surface area (Å²) in [5, 5.41) is 3.61. The van der Waals surface area contributed by atoms with Crippen LogP contribution in [0.15, 0.2) is 57.7 Å². The van der Waals surface area contributed by atoms with Crippen molar-refractivity contribution in [3.63, 3.8) is 0 Å². The van der Waals surface area contributed by atoms with Crippen LogP contribution in [0.3, 0.4) is 0 Å². The number of anilines is 1. The molecule has 0 saturated carbocycles. The Morgan fingerprint density at radius 1 is 1.14 bits per heavy atom. The zero-order valence-corrected chi connectivity index (χ0v) is 16.9. The normalized spacial score (nSPS) is 14.3. The molecular weight excluding hydrogens is 394 g/mol. The number of benzene rings is 2. The summed E-state index contributed by atoms with van der Waals surface area (Å²) in [7, 11) is 0. The minimum atomic E-state index is -0.408. The van der Waals surface area contributed by atoms with E-state index in [9.17, 15) is 9.59 Å². The van der Waals surface area contributed by atoms with Crippen molar-refractivity contribution in [3.8, 4) is 5.75 Å². The number of carbonyl (C=O) groups is 1. The van der Waals surface area contributed by atoms with Crippen LogP contribution in [0.25, 0.3) is 11.0 Å². The van der Waals surface area contributed by atoms with E-state index in [-0.39, 0.29) is 12.5 Å². The number of hydrogen-bond donors (Lipinski definition) is 1. The van der Waals surface area contributed by atoms with Gasteiger partial charge in [0.25, 0.3) is 5.91 Å². The number of ether oxygens (including phenoxy) is 1. The van der Waals surface area contributed by atoms with Crippen molar-refractivity contribution in [1.82, 2.24) is 0 Å². The highest BCUT2D eigenvalue weighted by atomic mass is 32.2. The number of rotatable bonds is 5. The third kappa shape index (κ3) is 4.36. The van der Waals surface area contributed by atoms with Crippen LogP contribution in [0.2, 0.25) is 0 Å². The van der Waals surface area contributed by atoms with Crippen molar-refractivity contribution in [1.29, 1.82) is 0 Å². The smallest absolute Gasteiger partial charge is 0.336 e. The van der Waals surface area contributed by atoms with E-state index in [0.717, 1.165) is 10.9 Å². The Kier molecular flexibility index (Phi) is 5.64. The maximum Gasteiger partial charge on any atom is 0.336 e. The molecule has 0 spiro atoms. The van der Waals surface area contributed by atoms with E-state index in [1.807, 2.05) is 48.6 Å². The molecule has 1 saturated heterocycles. The van der Waals surface area contributed by atoms with Gasteiger partial charge in [-0.2, -0.15) is 0 Å². The molecule has 1 amide bonds. The van der Waals surface area contributed by atoms with Crippen LogP contribution in [0.1, 0.15) is 15.7 Å². The number of thioether (sulfide) groups is 2. The number of fused-ring (bicyclic) bond motifs is 1. The van der Waals surface area contributed by atoms with Gasteiger partial charge in [-0.25, -0.2) is 4.79 Å². The van der Waals surface area contributed by atoms with Gasteiger partial charge in [0, 0.05) is 34.7 Å². The molecule has 2 aromatic carbocycles. The topological polar surface area (TPSA) is 68.5 Å². The van der Waals surface area contributed by atoms with Gasteiger partial charge in [-0.3, -0.25) is 4.79 Å². The van der Waals surface area contributed by atoms with Crippen LogP contribution in [0, 0.1) is 6.92 Å². The first kappa shape index (κ1) is 19.0. The third-order valence-electron chi connectivity index (χ3n) is 4.38. The Balaban J connectivity index is 1.36.